The van der Waals surface area contributed by atoms with Crippen LogP contribution in [-0.2, 0) is 9.53 Å². The number of hydrogen-bond donors (Lipinski definition) is 1. The summed E-state index contributed by atoms with van der Waals surface area (Å²) in [5.74, 6) is 4.09. The van der Waals surface area contributed by atoms with E-state index in [2.05, 4.69) is 35.7 Å². The van der Waals surface area contributed by atoms with Crippen molar-refractivity contribution in [3.8, 4) is 11.8 Å². The van der Waals surface area contributed by atoms with Gasteiger partial charge in [0, 0.05) is 5.92 Å². The van der Waals surface area contributed by atoms with Crippen LogP contribution in [0.25, 0.3) is 0 Å². The Morgan fingerprint density at radius 2 is 2.12 bits per heavy atom. The molecule has 0 amide bonds. The molecule has 96 valence electrons. The topological polar surface area (TPSA) is 46.5 Å². The second-order valence-corrected chi connectivity index (χ2v) is 3.79. The molecule has 0 saturated heterocycles. The van der Waals surface area contributed by atoms with Crippen LogP contribution in [0.2, 0.25) is 0 Å². The molecule has 0 aromatic heterocycles. The second kappa shape index (κ2) is 11.2. The van der Waals surface area contributed by atoms with Crippen molar-refractivity contribution in [2.75, 3.05) is 7.11 Å². The lowest BCUT2D eigenvalue weighted by molar-refractivity contribution is -0.133. The van der Waals surface area contributed by atoms with Gasteiger partial charge < -0.3 is 9.84 Å². The minimum Gasteiger partial charge on any atom is -0.459 e. The van der Waals surface area contributed by atoms with Crippen LogP contribution in [0.4, 0.5) is 0 Å². The van der Waals surface area contributed by atoms with Crippen LogP contribution in [0.15, 0.2) is 12.2 Å². The van der Waals surface area contributed by atoms with Crippen LogP contribution >= 0.6 is 0 Å². The Bertz CT molecular complexity index is 284. The van der Waals surface area contributed by atoms with Gasteiger partial charge in [0.1, 0.15) is 6.10 Å². The molecule has 17 heavy (non-hydrogen) atoms. The summed E-state index contributed by atoms with van der Waals surface area (Å²) < 4.78 is 4.35. The highest BCUT2D eigenvalue weighted by molar-refractivity contribution is 5.88. The Kier molecular flexibility index (Phi) is 10.4. The van der Waals surface area contributed by atoms with Gasteiger partial charge in [0.15, 0.2) is 0 Å². The highest BCUT2D eigenvalue weighted by Crippen LogP contribution is 2.06. The first-order chi connectivity index (χ1) is 8.20. The van der Waals surface area contributed by atoms with Gasteiger partial charge >= 0.3 is 5.97 Å². The molecule has 0 heterocycles. The summed E-state index contributed by atoms with van der Waals surface area (Å²) in [5.41, 5.74) is 0. The van der Waals surface area contributed by atoms with Gasteiger partial charge in [0.05, 0.1) is 7.11 Å². The molecule has 3 nitrogen and oxygen atoms in total. The monoisotopic (exact) mass is 238 g/mol. The van der Waals surface area contributed by atoms with Gasteiger partial charge in [-0.05, 0) is 32.1 Å². The van der Waals surface area contributed by atoms with Crippen molar-refractivity contribution in [3.05, 3.63) is 12.2 Å². The maximum absolute atomic E-state index is 10.7. The van der Waals surface area contributed by atoms with Gasteiger partial charge in [-0.3, -0.25) is 0 Å². The lowest BCUT2D eigenvalue weighted by Gasteiger charge is -2.02. The van der Waals surface area contributed by atoms with Crippen LogP contribution in [0.3, 0.4) is 0 Å². The van der Waals surface area contributed by atoms with E-state index in [4.69, 9.17) is 0 Å². The molecule has 0 aromatic carbocycles. The number of allylic oxidation sites excluding steroid dienone is 2. The van der Waals surface area contributed by atoms with Crippen LogP contribution in [0.1, 0.15) is 45.4 Å². The molecule has 0 fully saturated rings. The van der Waals surface area contributed by atoms with Gasteiger partial charge in [-0.15, -0.1) is 0 Å². The minimum atomic E-state index is -0.722. The standard InChI is InChI=1S/C14H22O3/c1-3-4-5-6-7-8-9-10-13(15)11-12-14(16)17-2/h4-5,13,15H,3,6-10H2,1-2H3/b5-4-. The highest BCUT2D eigenvalue weighted by atomic mass is 16.5. The van der Waals surface area contributed by atoms with E-state index in [0.717, 1.165) is 32.1 Å². The number of esters is 1. The van der Waals surface area contributed by atoms with Crippen LogP contribution < -0.4 is 0 Å². The number of hydrogen-bond acceptors (Lipinski definition) is 3. The number of carbonyl (C=O) groups is 1. The molecule has 0 aliphatic carbocycles. The van der Waals surface area contributed by atoms with Crippen LogP contribution in [-0.4, -0.2) is 24.3 Å². The molecule has 0 rings (SSSR count). The summed E-state index contributed by atoms with van der Waals surface area (Å²) in [6.07, 6.45) is 9.56. The Hall–Kier alpha value is -1.27. The number of carbonyl (C=O) groups excluding carboxylic acids is 1. The number of ether oxygens (including phenoxy) is 1. The Balaban J connectivity index is 3.50. The molecule has 0 aliphatic rings. The van der Waals surface area contributed by atoms with Crippen molar-refractivity contribution in [1.29, 1.82) is 0 Å². The number of methoxy groups -OCH3 is 1. The Morgan fingerprint density at radius 3 is 2.76 bits per heavy atom. The molecular weight excluding hydrogens is 216 g/mol. The van der Waals surface area contributed by atoms with E-state index in [1.54, 1.807) is 0 Å². The molecule has 3 heteroatoms. The number of aliphatic hydroxyl groups excluding tert-OH is 1. The summed E-state index contributed by atoms with van der Waals surface area (Å²) in [7, 11) is 1.27. The zero-order valence-corrected chi connectivity index (χ0v) is 10.7. The molecule has 1 N–H and O–H groups in total. The maximum Gasteiger partial charge on any atom is 0.384 e. The molecule has 0 aromatic rings. The molecular formula is C14H22O3. The van der Waals surface area contributed by atoms with Crippen molar-refractivity contribution in [2.24, 2.45) is 0 Å². The van der Waals surface area contributed by atoms with Gasteiger partial charge in [0.2, 0.25) is 0 Å². The molecule has 1 atom stereocenters. The third-order valence-electron chi connectivity index (χ3n) is 2.28. The molecule has 0 spiro atoms. The molecule has 0 bridgehead atoms. The largest absolute Gasteiger partial charge is 0.459 e. The third-order valence-corrected chi connectivity index (χ3v) is 2.28. The van der Waals surface area contributed by atoms with E-state index in [1.807, 2.05) is 0 Å². The van der Waals surface area contributed by atoms with E-state index in [9.17, 15) is 9.90 Å². The molecule has 0 radical (unpaired) electrons. The molecule has 0 aliphatic heterocycles. The summed E-state index contributed by atoms with van der Waals surface area (Å²) >= 11 is 0. The van der Waals surface area contributed by atoms with Crippen molar-refractivity contribution < 1.29 is 14.6 Å². The number of rotatable bonds is 7. The zero-order valence-electron chi connectivity index (χ0n) is 10.7. The quantitative estimate of drug-likeness (QED) is 0.244. The first-order valence-electron chi connectivity index (χ1n) is 6.13. The van der Waals surface area contributed by atoms with Gasteiger partial charge in [0.25, 0.3) is 0 Å². The maximum atomic E-state index is 10.7. The van der Waals surface area contributed by atoms with Crippen molar-refractivity contribution >= 4 is 5.97 Å². The Labute approximate surface area is 104 Å². The molecule has 1 unspecified atom stereocenters. The summed E-state index contributed by atoms with van der Waals surface area (Å²) in [6, 6.07) is 0. The second-order valence-electron chi connectivity index (χ2n) is 3.79. The fourth-order valence-electron chi connectivity index (χ4n) is 1.33. The normalized spacial score (nSPS) is 11.9. The first kappa shape index (κ1) is 15.7. The summed E-state index contributed by atoms with van der Waals surface area (Å²) in [5, 5.41) is 9.44. The predicted octanol–water partition coefficient (Wildman–Crippen LogP) is 2.44. The van der Waals surface area contributed by atoms with Gasteiger partial charge in [-0.2, -0.15) is 0 Å². The van der Waals surface area contributed by atoms with E-state index in [0.29, 0.717) is 6.42 Å². The van der Waals surface area contributed by atoms with Crippen LogP contribution in [0, 0.1) is 11.8 Å². The number of unbranched alkanes of at least 4 members (excludes halogenated alkanes) is 3. The average Bonchev–Trinajstić information content (AvgIpc) is 2.34. The summed E-state index contributed by atoms with van der Waals surface area (Å²) in [6.45, 7) is 2.12. The lowest BCUT2D eigenvalue weighted by atomic mass is 10.1. The fraction of sp³-hybridized carbons (Fsp3) is 0.643. The highest BCUT2D eigenvalue weighted by Gasteiger charge is 1.99. The lowest BCUT2D eigenvalue weighted by Crippen LogP contribution is -2.04. The van der Waals surface area contributed by atoms with Crippen LogP contribution in [0.5, 0.6) is 0 Å². The smallest absolute Gasteiger partial charge is 0.384 e. The van der Waals surface area contributed by atoms with Crippen molar-refractivity contribution in [1.82, 2.24) is 0 Å². The average molecular weight is 238 g/mol. The summed E-state index contributed by atoms with van der Waals surface area (Å²) in [4.78, 5) is 10.7. The SMILES string of the molecule is CC/C=C\CCCCCC(O)C#CC(=O)OC. The fourth-order valence-corrected chi connectivity index (χ4v) is 1.33. The minimum absolute atomic E-state index is 0.603. The zero-order chi connectivity index (χ0) is 12.9. The van der Waals surface area contributed by atoms with E-state index in [1.165, 1.54) is 7.11 Å². The van der Waals surface area contributed by atoms with E-state index in [-0.39, 0.29) is 0 Å². The first-order valence-corrected chi connectivity index (χ1v) is 6.13. The molecule has 0 saturated carbocycles. The van der Waals surface area contributed by atoms with Gasteiger partial charge in [-0.1, -0.05) is 31.4 Å². The predicted molar refractivity (Wildman–Crippen MR) is 68.3 cm³/mol. The Morgan fingerprint density at radius 1 is 1.35 bits per heavy atom. The van der Waals surface area contributed by atoms with E-state index >= 15 is 0 Å². The van der Waals surface area contributed by atoms with Crippen molar-refractivity contribution in [2.45, 2.75) is 51.6 Å². The number of aliphatic hydroxyl groups is 1. The third kappa shape index (κ3) is 11.0. The van der Waals surface area contributed by atoms with Crippen molar-refractivity contribution in [3.63, 3.8) is 0 Å². The van der Waals surface area contributed by atoms with Gasteiger partial charge in [-0.25, -0.2) is 4.79 Å². The van der Waals surface area contributed by atoms with E-state index < -0.39 is 12.1 Å².